The lowest BCUT2D eigenvalue weighted by Crippen LogP contribution is -2.38. The molecule has 1 fully saturated rings. The molecule has 1 aliphatic carbocycles. The molecule has 1 aromatic carbocycles. The second-order valence-electron chi connectivity index (χ2n) is 6.10. The predicted octanol–water partition coefficient (Wildman–Crippen LogP) is 4.00. The molecule has 4 heteroatoms. The zero-order chi connectivity index (χ0) is 15.4. The monoisotopic (exact) mass is 308 g/mol. The van der Waals surface area contributed by atoms with Crippen LogP contribution in [-0.2, 0) is 4.79 Å². The molecule has 0 radical (unpaired) electrons. The van der Waals surface area contributed by atoms with E-state index < -0.39 is 0 Å². The van der Waals surface area contributed by atoms with Crippen LogP contribution in [0.1, 0.15) is 38.7 Å². The van der Waals surface area contributed by atoms with Crippen LogP contribution in [0.3, 0.4) is 0 Å². The van der Waals surface area contributed by atoms with Gasteiger partial charge >= 0.3 is 0 Å². The molecule has 0 spiro atoms. The van der Waals surface area contributed by atoms with Gasteiger partial charge in [0.25, 0.3) is 0 Å². The van der Waals surface area contributed by atoms with Gasteiger partial charge in [-0.05, 0) is 49.3 Å². The van der Waals surface area contributed by atoms with E-state index in [1.165, 1.54) is 19.3 Å². The minimum Gasteiger partial charge on any atom is -0.325 e. The first-order valence-corrected chi connectivity index (χ1v) is 8.18. The molecule has 1 amide bonds. The summed E-state index contributed by atoms with van der Waals surface area (Å²) in [5, 5.41) is 6.97. The average Bonchev–Trinajstić information content (AvgIpc) is 2.81. The summed E-state index contributed by atoms with van der Waals surface area (Å²) in [7, 11) is 0. The van der Waals surface area contributed by atoms with Crippen LogP contribution in [0.15, 0.2) is 18.2 Å². The zero-order valence-electron chi connectivity index (χ0n) is 13.1. The molecule has 0 bridgehead atoms. The van der Waals surface area contributed by atoms with Gasteiger partial charge in [0.05, 0.1) is 6.54 Å². The van der Waals surface area contributed by atoms with Crippen molar-refractivity contribution in [2.75, 3.05) is 11.9 Å². The number of halogens is 1. The summed E-state index contributed by atoms with van der Waals surface area (Å²) in [6, 6.07) is 5.99. The van der Waals surface area contributed by atoms with Crippen LogP contribution in [0.2, 0.25) is 5.02 Å². The topological polar surface area (TPSA) is 41.1 Å². The molecule has 116 valence electrons. The summed E-state index contributed by atoms with van der Waals surface area (Å²) in [5.41, 5.74) is 1.81. The van der Waals surface area contributed by atoms with E-state index >= 15 is 0 Å². The van der Waals surface area contributed by atoms with E-state index in [0.717, 1.165) is 17.2 Å². The van der Waals surface area contributed by atoms with E-state index in [2.05, 4.69) is 24.5 Å². The second kappa shape index (κ2) is 7.28. The zero-order valence-corrected chi connectivity index (χ0v) is 13.8. The van der Waals surface area contributed by atoms with E-state index in [1.54, 1.807) is 6.07 Å². The van der Waals surface area contributed by atoms with Crippen molar-refractivity contribution in [1.29, 1.82) is 0 Å². The molecule has 21 heavy (non-hydrogen) atoms. The van der Waals surface area contributed by atoms with Crippen molar-refractivity contribution in [2.24, 2.45) is 11.8 Å². The first-order chi connectivity index (χ1) is 10.0. The first kappa shape index (κ1) is 16.3. The molecule has 2 N–H and O–H groups in total. The Labute approximate surface area is 132 Å². The Bertz CT molecular complexity index is 504. The fourth-order valence-corrected chi connectivity index (χ4v) is 3.43. The Balaban J connectivity index is 1.84. The number of hydrogen-bond acceptors (Lipinski definition) is 2. The van der Waals surface area contributed by atoms with Crippen molar-refractivity contribution < 1.29 is 4.79 Å². The van der Waals surface area contributed by atoms with Gasteiger partial charge in [-0.15, -0.1) is 0 Å². The Morgan fingerprint density at radius 1 is 1.38 bits per heavy atom. The molecular formula is C17H25ClN2O. The summed E-state index contributed by atoms with van der Waals surface area (Å²) in [6.45, 7) is 6.86. The quantitative estimate of drug-likeness (QED) is 0.863. The number of amides is 1. The summed E-state index contributed by atoms with van der Waals surface area (Å²) in [4.78, 5) is 12.1. The summed E-state index contributed by atoms with van der Waals surface area (Å²) >= 11 is 5.97. The molecule has 0 aromatic heterocycles. The van der Waals surface area contributed by atoms with Gasteiger partial charge in [-0.3, -0.25) is 4.79 Å². The molecular weight excluding hydrogens is 284 g/mol. The Morgan fingerprint density at radius 2 is 2.14 bits per heavy atom. The second-order valence-corrected chi connectivity index (χ2v) is 6.54. The van der Waals surface area contributed by atoms with E-state index in [1.807, 2.05) is 19.1 Å². The lowest BCUT2D eigenvalue weighted by Gasteiger charge is -2.21. The number of hydrogen-bond donors (Lipinski definition) is 2. The number of carbonyl (C=O) groups is 1. The normalized spacial score (nSPS) is 25.0. The number of benzene rings is 1. The van der Waals surface area contributed by atoms with Crippen LogP contribution in [-0.4, -0.2) is 18.5 Å². The third-order valence-corrected chi connectivity index (χ3v) is 4.98. The standard InChI is InChI=1S/C17H25ClN2O/c1-4-13-6-8-15(12(13)3)19-10-17(21)20-16-9-14(18)7-5-11(16)2/h5,7,9,12-13,15,19H,4,6,8,10H2,1-3H3,(H,20,21). The molecule has 0 aliphatic heterocycles. The lowest BCUT2D eigenvalue weighted by atomic mass is 9.93. The maximum absolute atomic E-state index is 12.1. The van der Waals surface area contributed by atoms with Crippen molar-refractivity contribution in [3.63, 3.8) is 0 Å². The summed E-state index contributed by atoms with van der Waals surface area (Å²) in [6.07, 6.45) is 3.67. The van der Waals surface area contributed by atoms with Crippen LogP contribution in [0.4, 0.5) is 5.69 Å². The van der Waals surface area contributed by atoms with E-state index in [0.29, 0.717) is 23.5 Å². The van der Waals surface area contributed by atoms with Gasteiger partial charge in [0.2, 0.25) is 5.91 Å². The van der Waals surface area contributed by atoms with Crippen LogP contribution in [0.5, 0.6) is 0 Å². The van der Waals surface area contributed by atoms with Crippen LogP contribution < -0.4 is 10.6 Å². The molecule has 0 saturated heterocycles. The van der Waals surface area contributed by atoms with E-state index in [9.17, 15) is 4.79 Å². The number of aryl methyl sites for hydroxylation is 1. The minimum atomic E-state index is -0.00693. The molecule has 0 heterocycles. The molecule has 1 aromatic rings. The third kappa shape index (κ3) is 4.21. The van der Waals surface area contributed by atoms with E-state index in [-0.39, 0.29) is 5.91 Å². The highest BCUT2D eigenvalue weighted by molar-refractivity contribution is 6.31. The molecule has 2 rings (SSSR count). The largest absolute Gasteiger partial charge is 0.325 e. The van der Waals surface area contributed by atoms with E-state index in [4.69, 9.17) is 11.6 Å². The third-order valence-electron chi connectivity index (χ3n) is 4.75. The van der Waals surface area contributed by atoms with Crippen molar-refractivity contribution in [2.45, 2.75) is 46.1 Å². The van der Waals surface area contributed by atoms with Crippen LogP contribution in [0, 0.1) is 18.8 Å². The van der Waals surface area contributed by atoms with Gasteiger partial charge in [0.15, 0.2) is 0 Å². The maximum Gasteiger partial charge on any atom is 0.238 e. The number of nitrogens with one attached hydrogen (secondary N) is 2. The van der Waals surface area contributed by atoms with Gasteiger partial charge in [-0.2, -0.15) is 0 Å². The lowest BCUT2D eigenvalue weighted by molar-refractivity contribution is -0.115. The van der Waals surface area contributed by atoms with Gasteiger partial charge in [-0.1, -0.05) is 37.9 Å². The van der Waals surface area contributed by atoms with Gasteiger partial charge in [0.1, 0.15) is 0 Å². The number of anilines is 1. The summed E-state index contributed by atoms with van der Waals surface area (Å²) in [5.74, 6) is 1.43. The van der Waals surface area contributed by atoms with Crippen molar-refractivity contribution >= 4 is 23.2 Å². The first-order valence-electron chi connectivity index (χ1n) is 7.80. The Morgan fingerprint density at radius 3 is 2.81 bits per heavy atom. The highest BCUT2D eigenvalue weighted by Crippen LogP contribution is 2.33. The van der Waals surface area contributed by atoms with Gasteiger partial charge in [0, 0.05) is 16.8 Å². The maximum atomic E-state index is 12.1. The van der Waals surface area contributed by atoms with Crippen LogP contribution >= 0.6 is 11.6 Å². The highest BCUT2D eigenvalue weighted by atomic mass is 35.5. The van der Waals surface area contributed by atoms with Crippen molar-refractivity contribution in [3.05, 3.63) is 28.8 Å². The minimum absolute atomic E-state index is 0.00693. The fraction of sp³-hybridized carbons (Fsp3) is 0.588. The van der Waals surface area contributed by atoms with Gasteiger partial charge < -0.3 is 10.6 Å². The molecule has 1 aliphatic rings. The fourth-order valence-electron chi connectivity index (χ4n) is 3.26. The van der Waals surface area contributed by atoms with Crippen LogP contribution in [0.25, 0.3) is 0 Å². The summed E-state index contributed by atoms with van der Waals surface area (Å²) < 4.78 is 0. The Kier molecular flexibility index (Phi) is 5.65. The predicted molar refractivity (Wildman–Crippen MR) is 88.8 cm³/mol. The molecule has 3 nitrogen and oxygen atoms in total. The van der Waals surface area contributed by atoms with Crippen molar-refractivity contribution in [3.8, 4) is 0 Å². The average molecular weight is 309 g/mol. The molecule has 1 saturated carbocycles. The SMILES string of the molecule is CCC1CCC(NCC(=O)Nc2cc(Cl)ccc2C)C1C. The number of rotatable bonds is 5. The number of carbonyl (C=O) groups excluding carboxylic acids is 1. The Hall–Kier alpha value is -1.06. The smallest absolute Gasteiger partial charge is 0.238 e. The molecule has 3 atom stereocenters. The van der Waals surface area contributed by atoms with Crippen molar-refractivity contribution in [1.82, 2.24) is 5.32 Å². The molecule has 3 unspecified atom stereocenters. The highest BCUT2D eigenvalue weighted by Gasteiger charge is 2.31. The van der Waals surface area contributed by atoms with Gasteiger partial charge in [-0.25, -0.2) is 0 Å².